The predicted molar refractivity (Wildman–Crippen MR) is 126 cm³/mol. The van der Waals surface area contributed by atoms with Crippen LogP contribution >= 0.6 is 0 Å². The second-order valence-electron chi connectivity index (χ2n) is 8.94. The largest absolute Gasteiger partial charge is 0.347 e. The number of nitrogens with one attached hydrogen (secondary N) is 1. The minimum Gasteiger partial charge on any atom is -0.347 e. The standard InChI is InChI=1S/C25H30FN3O4S/c26-21-10-8-20(9-11-21)25(14-4-5-15-25)27-23(30)12-13-24(31)28-16-18-29(19-17-28)34(32,33)22-6-2-1-3-7-22/h1-3,6-11H,4-5,12-19H2,(H,27,30). The van der Waals surface area contributed by atoms with Gasteiger partial charge in [0.05, 0.1) is 10.4 Å². The zero-order chi connectivity index (χ0) is 24.2. The number of halogens is 1. The van der Waals surface area contributed by atoms with Gasteiger partial charge in [0.2, 0.25) is 21.8 Å². The number of nitrogens with zero attached hydrogens (tertiary/aromatic N) is 2. The summed E-state index contributed by atoms with van der Waals surface area (Å²) < 4.78 is 40.3. The van der Waals surface area contributed by atoms with Gasteiger partial charge in [0.1, 0.15) is 5.82 Å². The summed E-state index contributed by atoms with van der Waals surface area (Å²) in [6.45, 7) is 1.05. The highest BCUT2D eigenvalue weighted by Gasteiger charge is 2.37. The highest BCUT2D eigenvalue weighted by Crippen LogP contribution is 2.39. The summed E-state index contributed by atoms with van der Waals surface area (Å²) in [5.41, 5.74) is 0.382. The normalized spacial score (nSPS) is 18.6. The smallest absolute Gasteiger partial charge is 0.243 e. The zero-order valence-electron chi connectivity index (χ0n) is 19.1. The molecule has 0 radical (unpaired) electrons. The molecule has 1 saturated carbocycles. The van der Waals surface area contributed by atoms with E-state index in [4.69, 9.17) is 0 Å². The molecule has 2 aliphatic rings. The first-order valence-corrected chi connectivity index (χ1v) is 13.1. The molecule has 1 heterocycles. The number of carbonyl (C=O) groups is 2. The minimum atomic E-state index is -3.58. The summed E-state index contributed by atoms with van der Waals surface area (Å²) in [6.07, 6.45) is 3.66. The van der Waals surface area contributed by atoms with Gasteiger partial charge in [0.25, 0.3) is 0 Å². The number of sulfonamides is 1. The van der Waals surface area contributed by atoms with E-state index in [0.29, 0.717) is 13.1 Å². The Morgan fingerprint density at radius 2 is 1.50 bits per heavy atom. The molecule has 1 N–H and O–H groups in total. The minimum absolute atomic E-state index is 0.0598. The van der Waals surface area contributed by atoms with Gasteiger partial charge in [-0.05, 0) is 42.7 Å². The van der Waals surface area contributed by atoms with Crippen LogP contribution in [0, 0.1) is 5.82 Å². The summed E-state index contributed by atoms with van der Waals surface area (Å²) in [5.74, 6) is -0.676. The van der Waals surface area contributed by atoms with Crippen LogP contribution in [0.3, 0.4) is 0 Å². The Kier molecular flexibility index (Phi) is 7.33. The van der Waals surface area contributed by atoms with Crippen LogP contribution in [0.2, 0.25) is 0 Å². The average Bonchev–Trinajstić information content (AvgIpc) is 3.33. The van der Waals surface area contributed by atoms with Crippen LogP contribution in [0.4, 0.5) is 4.39 Å². The lowest BCUT2D eigenvalue weighted by Crippen LogP contribution is -2.50. The Morgan fingerprint density at radius 3 is 2.12 bits per heavy atom. The van der Waals surface area contributed by atoms with Crippen LogP contribution in [-0.4, -0.2) is 55.6 Å². The molecule has 182 valence electrons. The van der Waals surface area contributed by atoms with Gasteiger partial charge in [-0.3, -0.25) is 9.59 Å². The zero-order valence-corrected chi connectivity index (χ0v) is 19.9. The molecule has 2 fully saturated rings. The first-order chi connectivity index (χ1) is 16.3. The second-order valence-corrected chi connectivity index (χ2v) is 10.9. The Balaban J connectivity index is 1.28. The number of hydrogen-bond donors (Lipinski definition) is 1. The topological polar surface area (TPSA) is 86.8 Å². The molecule has 7 nitrogen and oxygen atoms in total. The molecule has 2 aromatic rings. The quantitative estimate of drug-likeness (QED) is 0.651. The van der Waals surface area contributed by atoms with E-state index in [1.54, 1.807) is 47.4 Å². The molecule has 2 aromatic carbocycles. The van der Waals surface area contributed by atoms with Crippen LogP contribution in [0.25, 0.3) is 0 Å². The van der Waals surface area contributed by atoms with Crippen molar-refractivity contribution in [3.63, 3.8) is 0 Å². The number of amides is 2. The second kappa shape index (κ2) is 10.2. The van der Waals surface area contributed by atoms with E-state index in [0.717, 1.165) is 31.2 Å². The van der Waals surface area contributed by atoms with Crippen molar-refractivity contribution < 1.29 is 22.4 Å². The Hall–Kier alpha value is -2.78. The van der Waals surface area contributed by atoms with E-state index in [9.17, 15) is 22.4 Å². The van der Waals surface area contributed by atoms with E-state index < -0.39 is 15.6 Å². The summed E-state index contributed by atoms with van der Waals surface area (Å²) in [5, 5.41) is 3.11. The van der Waals surface area contributed by atoms with Crippen molar-refractivity contribution in [3.8, 4) is 0 Å². The summed E-state index contributed by atoms with van der Waals surface area (Å²) in [7, 11) is -3.58. The maximum Gasteiger partial charge on any atom is 0.243 e. The molecular formula is C25H30FN3O4S. The van der Waals surface area contributed by atoms with Crippen molar-refractivity contribution in [2.75, 3.05) is 26.2 Å². The molecule has 0 atom stereocenters. The lowest BCUT2D eigenvalue weighted by atomic mass is 9.88. The van der Waals surface area contributed by atoms with E-state index in [1.165, 1.54) is 16.4 Å². The summed E-state index contributed by atoms with van der Waals surface area (Å²) >= 11 is 0. The van der Waals surface area contributed by atoms with Crippen molar-refractivity contribution in [1.82, 2.24) is 14.5 Å². The van der Waals surface area contributed by atoms with E-state index in [-0.39, 0.29) is 48.5 Å². The maximum atomic E-state index is 13.4. The van der Waals surface area contributed by atoms with E-state index >= 15 is 0 Å². The van der Waals surface area contributed by atoms with E-state index in [1.807, 2.05) is 0 Å². The van der Waals surface area contributed by atoms with Crippen molar-refractivity contribution in [2.24, 2.45) is 0 Å². The fourth-order valence-electron chi connectivity index (χ4n) is 4.86. The first-order valence-electron chi connectivity index (χ1n) is 11.7. The number of benzene rings is 2. The van der Waals surface area contributed by atoms with Crippen molar-refractivity contribution in [2.45, 2.75) is 49.0 Å². The fourth-order valence-corrected chi connectivity index (χ4v) is 6.30. The Bertz CT molecular complexity index is 1110. The molecule has 0 aromatic heterocycles. The fraction of sp³-hybridized carbons (Fsp3) is 0.440. The molecule has 1 saturated heterocycles. The van der Waals surface area contributed by atoms with Crippen LogP contribution in [-0.2, 0) is 25.2 Å². The molecule has 1 aliphatic carbocycles. The monoisotopic (exact) mass is 487 g/mol. The van der Waals surface area contributed by atoms with Crippen molar-refractivity contribution in [3.05, 3.63) is 66.0 Å². The number of piperazine rings is 1. The van der Waals surface area contributed by atoms with Gasteiger partial charge in [-0.1, -0.05) is 43.2 Å². The lowest BCUT2D eigenvalue weighted by Gasteiger charge is -2.34. The van der Waals surface area contributed by atoms with Gasteiger partial charge in [-0.25, -0.2) is 12.8 Å². The van der Waals surface area contributed by atoms with Crippen LogP contribution < -0.4 is 5.32 Å². The molecule has 0 spiro atoms. The van der Waals surface area contributed by atoms with Crippen LogP contribution in [0.5, 0.6) is 0 Å². The molecule has 0 bridgehead atoms. The molecular weight excluding hydrogens is 457 g/mol. The van der Waals surface area contributed by atoms with Gasteiger partial charge in [-0.2, -0.15) is 4.31 Å². The van der Waals surface area contributed by atoms with Crippen molar-refractivity contribution >= 4 is 21.8 Å². The average molecular weight is 488 g/mol. The van der Waals surface area contributed by atoms with Crippen LogP contribution in [0.1, 0.15) is 44.1 Å². The highest BCUT2D eigenvalue weighted by molar-refractivity contribution is 7.89. The molecule has 2 amide bonds. The molecule has 9 heteroatoms. The summed E-state index contributed by atoms with van der Waals surface area (Å²) in [4.78, 5) is 27.3. The lowest BCUT2D eigenvalue weighted by molar-refractivity contribution is -0.135. The molecule has 1 aliphatic heterocycles. The highest BCUT2D eigenvalue weighted by atomic mass is 32.2. The SMILES string of the molecule is O=C(CCC(=O)N1CCN(S(=O)(=O)c2ccccc2)CC1)NC1(c2ccc(F)cc2)CCCC1. The van der Waals surface area contributed by atoms with Gasteiger partial charge < -0.3 is 10.2 Å². The first kappa shape index (κ1) is 24.3. The van der Waals surface area contributed by atoms with E-state index in [2.05, 4.69) is 5.32 Å². The Morgan fingerprint density at radius 1 is 0.882 bits per heavy atom. The van der Waals surface area contributed by atoms with Crippen LogP contribution in [0.15, 0.2) is 59.5 Å². The number of carbonyl (C=O) groups excluding carboxylic acids is 2. The predicted octanol–water partition coefficient (Wildman–Crippen LogP) is 3.02. The molecule has 34 heavy (non-hydrogen) atoms. The van der Waals surface area contributed by atoms with Crippen molar-refractivity contribution in [1.29, 1.82) is 0 Å². The third-order valence-electron chi connectivity index (χ3n) is 6.77. The number of rotatable bonds is 7. The Labute approximate surface area is 200 Å². The maximum absolute atomic E-state index is 13.4. The van der Waals surface area contributed by atoms with Gasteiger partial charge in [0, 0.05) is 39.0 Å². The van der Waals surface area contributed by atoms with Gasteiger partial charge in [-0.15, -0.1) is 0 Å². The van der Waals surface area contributed by atoms with Gasteiger partial charge >= 0.3 is 0 Å². The molecule has 0 unspecified atom stereocenters. The third-order valence-corrected chi connectivity index (χ3v) is 8.68. The third kappa shape index (κ3) is 5.31. The number of hydrogen-bond acceptors (Lipinski definition) is 4. The summed E-state index contributed by atoms with van der Waals surface area (Å²) in [6, 6.07) is 14.5. The molecule has 4 rings (SSSR count). The van der Waals surface area contributed by atoms with Gasteiger partial charge in [0.15, 0.2) is 0 Å².